The Morgan fingerprint density at radius 2 is 1.92 bits per heavy atom. The molecule has 1 aliphatic heterocycles. The normalized spacial score (nSPS) is 14.8. The van der Waals surface area contributed by atoms with E-state index in [-0.39, 0.29) is 5.91 Å². The van der Waals surface area contributed by atoms with Crippen LogP contribution in [0.4, 0.5) is 0 Å². The van der Waals surface area contributed by atoms with Gasteiger partial charge in [-0.25, -0.2) is 0 Å². The summed E-state index contributed by atoms with van der Waals surface area (Å²) in [6.07, 6.45) is 6.76. The third-order valence-corrected chi connectivity index (χ3v) is 4.13. The molecule has 4 rings (SSSR count). The maximum absolute atomic E-state index is 12.7. The zero-order chi connectivity index (χ0) is 16.4. The van der Waals surface area contributed by atoms with Gasteiger partial charge >= 0.3 is 0 Å². The molecule has 6 nitrogen and oxygen atoms in total. The second-order valence-corrected chi connectivity index (χ2v) is 5.59. The number of amides is 1. The second-order valence-electron chi connectivity index (χ2n) is 5.59. The Hall–Kier alpha value is -2.86. The molecule has 0 unspecified atom stereocenters. The maximum Gasteiger partial charge on any atom is 0.254 e. The van der Waals surface area contributed by atoms with Gasteiger partial charge in [0.1, 0.15) is 0 Å². The van der Waals surface area contributed by atoms with Crippen molar-refractivity contribution in [1.82, 2.24) is 19.9 Å². The van der Waals surface area contributed by atoms with Crippen molar-refractivity contribution in [3.8, 4) is 11.3 Å². The van der Waals surface area contributed by atoms with E-state index in [1.165, 1.54) is 0 Å². The summed E-state index contributed by atoms with van der Waals surface area (Å²) >= 11 is 0. The predicted octanol–water partition coefficient (Wildman–Crippen LogP) is 2.16. The highest BCUT2D eigenvalue weighted by Gasteiger charge is 2.19. The van der Waals surface area contributed by atoms with E-state index in [0.717, 1.165) is 22.2 Å². The van der Waals surface area contributed by atoms with Crippen molar-refractivity contribution < 1.29 is 9.53 Å². The summed E-state index contributed by atoms with van der Waals surface area (Å²) in [5.41, 5.74) is 3.17. The van der Waals surface area contributed by atoms with Crippen LogP contribution in [0.1, 0.15) is 10.4 Å². The minimum absolute atomic E-state index is 0.0224. The van der Waals surface area contributed by atoms with Gasteiger partial charge in [0.05, 0.1) is 30.6 Å². The minimum Gasteiger partial charge on any atom is -0.378 e. The molecule has 1 fully saturated rings. The molecular formula is C18H16N4O2. The van der Waals surface area contributed by atoms with Crippen LogP contribution in [-0.2, 0) is 4.74 Å². The molecule has 0 spiro atoms. The van der Waals surface area contributed by atoms with Gasteiger partial charge < -0.3 is 9.64 Å². The number of ether oxygens (including phenoxy) is 1. The van der Waals surface area contributed by atoms with Gasteiger partial charge in [0.2, 0.25) is 0 Å². The Balaban J connectivity index is 1.78. The molecule has 120 valence electrons. The van der Waals surface area contributed by atoms with Crippen molar-refractivity contribution in [3.63, 3.8) is 0 Å². The van der Waals surface area contributed by atoms with Crippen LogP contribution in [0.25, 0.3) is 22.2 Å². The Labute approximate surface area is 139 Å². The third-order valence-electron chi connectivity index (χ3n) is 4.13. The van der Waals surface area contributed by atoms with Gasteiger partial charge in [-0.3, -0.25) is 19.7 Å². The highest BCUT2D eigenvalue weighted by Crippen LogP contribution is 2.26. The van der Waals surface area contributed by atoms with Crippen LogP contribution < -0.4 is 0 Å². The lowest BCUT2D eigenvalue weighted by atomic mass is 10.0. The lowest BCUT2D eigenvalue weighted by Gasteiger charge is -2.27. The molecule has 24 heavy (non-hydrogen) atoms. The van der Waals surface area contributed by atoms with Crippen LogP contribution >= 0.6 is 0 Å². The van der Waals surface area contributed by atoms with Gasteiger partial charge in [-0.15, -0.1) is 0 Å². The highest BCUT2D eigenvalue weighted by molar-refractivity contribution is 6.01. The summed E-state index contributed by atoms with van der Waals surface area (Å²) in [6, 6.07) is 7.50. The van der Waals surface area contributed by atoms with E-state index in [9.17, 15) is 4.79 Å². The first-order valence-electron chi connectivity index (χ1n) is 7.85. The van der Waals surface area contributed by atoms with Crippen molar-refractivity contribution in [2.24, 2.45) is 0 Å². The molecule has 1 aromatic carbocycles. The van der Waals surface area contributed by atoms with E-state index in [0.29, 0.717) is 31.9 Å². The Morgan fingerprint density at radius 3 is 2.71 bits per heavy atom. The van der Waals surface area contributed by atoms with Crippen LogP contribution in [0, 0.1) is 0 Å². The van der Waals surface area contributed by atoms with E-state index in [1.54, 1.807) is 24.8 Å². The molecular weight excluding hydrogens is 304 g/mol. The summed E-state index contributed by atoms with van der Waals surface area (Å²) in [4.78, 5) is 27.4. The van der Waals surface area contributed by atoms with E-state index in [4.69, 9.17) is 4.74 Å². The fraction of sp³-hybridized carbons (Fsp3) is 0.222. The van der Waals surface area contributed by atoms with Gasteiger partial charge in [-0.05, 0) is 24.3 Å². The summed E-state index contributed by atoms with van der Waals surface area (Å²) in [6.45, 7) is 2.43. The maximum atomic E-state index is 12.7. The predicted molar refractivity (Wildman–Crippen MR) is 89.5 cm³/mol. The first-order valence-corrected chi connectivity index (χ1v) is 7.85. The average molecular weight is 320 g/mol. The molecule has 1 saturated heterocycles. The molecule has 3 aromatic rings. The van der Waals surface area contributed by atoms with Crippen molar-refractivity contribution in [1.29, 1.82) is 0 Å². The van der Waals surface area contributed by atoms with Crippen LogP contribution in [0.15, 0.2) is 49.1 Å². The number of hydrogen-bond acceptors (Lipinski definition) is 5. The van der Waals surface area contributed by atoms with Crippen LogP contribution in [-0.4, -0.2) is 52.1 Å². The molecule has 6 heteroatoms. The SMILES string of the molecule is O=C(c1ccc2nccc(-c3cnccn3)c2c1)N1CCOCC1. The van der Waals surface area contributed by atoms with Gasteiger partial charge in [-0.2, -0.15) is 0 Å². The van der Waals surface area contributed by atoms with Crippen LogP contribution in [0.5, 0.6) is 0 Å². The molecule has 1 aliphatic rings. The fourth-order valence-corrected chi connectivity index (χ4v) is 2.89. The van der Waals surface area contributed by atoms with Crippen LogP contribution in [0.2, 0.25) is 0 Å². The Bertz CT molecular complexity index is 877. The number of aromatic nitrogens is 3. The number of nitrogens with zero attached hydrogens (tertiary/aromatic N) is 4. The molecule has 1 amide bonds. The number of hydrogen-bond donors (Lipinski definition) is 0. The van der Waals surface area contributed by atoms with Gasteiger partial charge in [0.15, 0.2) is 0 Å². The van der Waals surface area contributed by atoms with Gasteiger partial charge in [0.25, 0.3) is 5.91 Å². The number of benzene rings is 1. The number of carbonyl (C=O) groups is 1. The summed E-state index contributed by atoms with van der Waals surface area (Å²) in [7, 11) is 0. The monoisotopic (exact) mass is 320 g/mol. The van der Waals surface area contributed by atoms with Gasteiger partial charge in [-0.1, -0.05) is 0 Å². The number of rotatable bonds is 2. The highest BCUT2D eigenvalue weighted by atomic mass is 16.5. The Kier molecular flexibility index (Phi) is 3.88. The topological polar surface area (TPSA) is 68.2 Å². The van der Waals surface area contributed by atoms with E-state index in [2.05, 4.69) is 15.0 Å². The lowest BCUT2D eigenvalue weighted by molar-refractivity contribution is 0.0303. The summed E-state index contributed by atoms with van der Waals surface area (Å²) < 4.78 is 5.31. The first-order chi connectivity index (χ1) is 11.8. The number of carbonyl (C=O) groups excluding carboxylic acids is 1. The van der Waals surface area contributed by atoms with Crippen LogP contribution in [0.3, 0.4) is 0 Å². The third kappa shape index (κ3) is 2.72. The molecule has 3 heterocycles. The van der Waals surface area contributed by atoms with Crippen molar-refractivity contribution >= 4 is 16.8 Å². The van der Waals surface area contributed by atoms with Crippen molar-refractivity contribution in [2.45, 2.75) is 0 Å². The molecule has 0 saturated carbocycles. The largest absolute Gasteiger partial charge is 0.378 e. The second kappa shape index (κ2) is 6.33. The molecule has 2 aromatic heterocycles. The fourth-order valence-electron chi connectivity index (χ4n) is 2.89. The molecule has 0 aliphatic carbocycles. The van der Waals surface area contributed by atoms with E-state index in [1.807, 2.05) is 29.2 Å². The quantitative estimate of drug-likeness (QED) is 0.724. The van der Waals surface area contributed by atoms with E-state index < -0.39 is 0 Å². The zero-order valence-electron chi connectivity index (χ0n) is 13.1. The lowest BCUT2D eigenvalue weighted by Crippen LogP contribution is -2.40. The number of pyridine rings is 1. The zero-order valence-corrected chi connectivity index (χ0v) is 13.1. The molecule has 0 radical (unpaired) electrons. The molecule has 0 bridgehead atoms. The average Bonchev–Trinajstić information content (AvgIpc) is 2.68. The van der Waals surface area contributed by atoms with Gasteiger partial charge in [0, 0.05) is 48.2 Å². The first kappa shape index (κ1) is 14.7. The molecule has 0 N–H and O–H groups in total. The van der Waals surface area contributed by atoms with Crippen molar-refractivity contribution in [2.75, 3.05) is 26.3 Å². The van der Waals surface area contributed by atoms with Crippen molar-refractivity contribution in [3.05, 3.63) is 54.6 Å². The molecule has 0 atom stereocenters. The number of morpholine rings is 1. The standard InChI is InChI=1S/C18H16N4O2/c23-18(22-7-9-24-10-8-22)13-1-2-16-15(11-13)14(3-4-20-16)17-12-19-5-6-21-17/h1-6,11-12H,7-10H2. The summed E-state index contributed by atoms with van der Waals surface area (Å²) in [5, 5.41) is 0.900. The number of fused-ring (bicyclic) bond motifs is 1. The Morgan fingerprint density at radius 1 is 1.04 bits per heavy atom. The smallest absolute Gasteiger partial charge is 0.254 e. The minimum atomic E-state index is 0.0224. The van der Waals surface area contributed by atoms with E-state index >= 15 is 0 Å². The summed E-state index contributed by atoms with van der Waals surface area (Å²) in [5.74, 6) is 0.0224.